The summed E-state index contributed by atoms with van der Waals surface area (Å²) < 4.78 is 27.2. The molecule has 1 atom stereocenters. The molecule has 0 spiro atoms. The minimum atomic E-state index is -3.78. The predicted octanol–water partition coefficient (Wildman–Crippen LogP) is 0.557. The van der Waals surface area contributed by atoms with Gasteiger partial charge in [-0.2, -0.15) is 13.1 Å². The van der Waals surface area contributed by atoms with Crippen molar-refractivity contribution in [3.8, 4) is 0 Å². The molecule has 0 aliphatic carbocycles. The summed E-state index contributed by atoms with van der Waals surface area (Å²) in [7, 11) is -3.78. The highest BCUT2D eigenvalue weighted by Crippen LogP contribution is 2.29. The normalized spacial score (nSPS) is 22.6. The van der Waals surface area contributed by atoms with E-state index in [4.69, 9.17) is 5.11 Å². The van der Waals surface area contributed by atoms with Gasteiger partial charge in [-0.25, -0.2) is 0 Å². The lowest BCUT2D eigenvalue weighted by Crippen LogP contribution is -2.34. The number of carbonyl (C=O) groups is 1. The summed E-state index contributed by atoms with van der Waals surface area (Å²) in [5.74, 6) is -1.19. The molecule has 1 aromatic carbocycles. The Bertz CT molecular complexity index is 560. The van der Waals surface area contributed by atoms with Crippen molar-refractivity contribution < 1.29 is 18.3 Å². The Balaban J connectivity index is 2.41. The van der Waals surface area contributed by atoms with E-state index in [9.17, 15) is 13.2 Å². The highest BCUT2D eigenvalue weighted by molar-refractivity contribution is 9.10. The van der Waals surface area contributed by atoms with Gasteiger partial charge in [0.1, 0.15) is 6.04 Å². The summed E-state index contributed by atoms with van der Waals surface area (Å²) in [6.45, 7) is -0.125. The molecule has 0 amide bonds. The first kappa shape index (κ1) is 12.3. The zero-order valence-corrected chi connectivity index (χ0v) is 10.9. The third-order valence-electron chi connectivity index (χ3n) is 2.35. The fourth-order valence-corrected chi connectivity index (χ4v) is 3.60. The molecule has 0 aromatic heterocycles. The first-order valence-electron chi connectivity index (χ1n) is 4.69. The van der Waals surface area contributed by atoms with E-state index in [1.165, 1.54) is 0 Å². The fraction of sp³-hybridized carbons (Fsp3) is 0.222. The van der Waals surface area contributed by atoms with E-state index in [0.29, 0.717) is 10.2 Å². The predicted molar refractivity (Wildman–Crippen MR) is 65.0 cm³/mol. The van der Waals surface area contributed by atoms with Crippen LogP contribution in [0.25, 0.3) is 0 Å². The van der Waals surface area contributed by atoms with Gasteiger partial charge in [-0.1, -0.05) is 12.1 Å². The molecular weight excluding hydrogens is 312 g/mol. The van der Waals surface area contributed by atoms with E-state index >= 15 is 0 Å². The van der Waals surface area contributed by atoms with Crippen molar-refractivity contribution in [2.45, 2.75) is 6.04 Å². The number of aliphatic carboxylic acids is 1. The third kappa shape index (κ3) is 2.28. The van der Waals surface area contributed by atoms with Crippen molar-refractivity contribution in [3.05, 3.63) is 28.7 Å². The number of para-hydroxylation sites is 1. The second-order valence-electron chi connectivity index (χ2n) is 3.50. The summed E-state index contributed by atoms with van der Waals surface area (Å²) in [6.07, 6.45) is 0. The number of hydrogen-bond donors (Lipinski definition) is 2. The minimum Gasteiger partial charge on any atom is -0.480 e. The molecule has 1 heterocycles. The molecule has 1 unspecified atom stereocenters. The number of nitrogens with zero attached hydrogens (tertiary/aromatic N) is 1. The zero-order valence-electron chi connectivity index (χ0n) is 8.50. The van der Waals surface area contributed by atoms with Crippen LogP contribution in [0.3, 0.4) is 0 Å². The third-order valence-corrected chi connectivity index (χ3v) is 4.53. The average molecular weight is 321 g/mol. The van der Waals surface area contributed by atoms with Crippen LogP contribution in [0.5, 0.6) is 0 Å². The fourth-order valence-electron chi connectivity index (χ4n) is 1.55. The summed E-state index contributed by atoms with van der Waals surface area (Å²) >= 11 is 3.23. The molecule has 0 radical (unpaired) electrons. The molecule has 0 bridgehead atoms. The Morgan fingerprint density at radius 1 is 1.47 bits per heavy atom. The Morgan fingerprint density at radius 2 is 2.12 bits per heavy atom. The summed E-state index contributed by atoms with van der Waals surface area (Å²) in [5.41, 5.74) is 0.420. The van der Waals surface area contributed by atoms with Crippen molar-refractivity contribution in [2.24, 2.45) is 0 Å². The molecule has 2 rings (SSSR count). The van der Waals surface area contributed by atoms with Crippen LogP contribution in [0.4, 0.5) is 5.69 Å². The Hall–Kier alpha value is -1.12. The molecule has 1 fully saturated rings. The molecule has 1 aliphatic heterocycles. The van der Waals surface area contributed by atoms with Gasteiger partial charge >= 0.3 is 16.2 Å². The number of rotatable bonds is 2. The summed E-state index contributed by atoms with van der Waals surface area (Å²) in [4.78, 5) is 10.8. The number of nitrogens with one attached hydrogen (secondary N) is 1. The largest absolute Gasteiger partial charge is 0.480 e. The van der Waals surface area contributed by atoms with Crippen molar-refractivity contribution in [1.29, 1.82) is 0 Å². The van der Waals surface area contributed by atoms with Crippen LogP contribution in [0, 0.1) is 0 Å². The monoisotopic (exact) mass is 320 g/mol. The quantitative estimate of drug-likeness (QED) is 0.833. The number of hydrogen-bond acceptors (Lipinski definition) is 3. The number of carboxylic acid groups (broad SMARTS) is 1. The molecule has 8 heteroatoms. The lowest BCUT2D eigenvalue weighted by atomic mass is 10.3. The van der Waals surface area contributed by atoms with E-state index < -0.39 is 22.2 Å². The Kier molecular flexibility index (Phi) is 3.11. The molecule has 1 saturated heterocycles. The number of benzene rings is 1. The van der Waals surface area contributed by atoms with E-state index in [2.05, 4.69) is 20.7 Å². The van der Waals surface area contributed by atoms with Gasteiger partial charge in [0.25, 0.3) is 0 Å². The van der Waals surface area contributed by atoms with Gasteiger partial charge in [0, 0.05) is 4.47 Å². The number of anilines is 1. The van der Waals surface area contributed by atoms with Crippen molar-refractivity contribution in [1.82, 2.24) is 4.72 Å². The lowest BCUT2D eigenvalue weighted by molar-refractivity contribution is -0.138. The first-order valence-corrected chi connectivity index (χ1v) is 6.92. The van der Waals surface area contributed by atoms with Gasteiger partial charge in [0.2, 0.25) is 0 Å². The average Bonchev–Trinajstić information content (AvgIpc) is 2.55. The van der Waals surface area contributed by atoms with Crippen LogP contribution >= 0.6 is 15.9 Å². The number of carboxylic acids is 1. The van der Waals surface area contributed by atoms with Crippen molar-refractivity contribution >= 4 is 37.8 Å². The van der Waals surface area contributed by atoms with Crippen LogP contribution in [0.2, 0.25) is 0 Å². The molecule has 17 heavy (non-hydrogen) atoms. The van der Waals surface area contributed by atoms with E-state index in [0.717, 1.165) is 4.31 Å². The molecule has 6 nitrogen and oxygen atoms in total. The summed E-state index contributed by atoms with van der Waals surface area (Å²) in [5, 5.41) is 8.81. The highest BCUT2D eigenvalue weighted by atomic mass is 79.9. The van der Waals surface area contributed by atoms with Crippen molar-refractivity contribution in [2.75, 3.05) is 10.8 Å². The standard InChI is InChI=1S/C9H9BrN2O4S/c10-6-3-1-2-4-8(6)12-5-7(9(13)14)11-17(12,15)16/h1-4,7,11H,5H2,(H,13,14). The minimum absolute atomic E-state index is 0.125. The maximum absolute atomic E-state index is 11.8. The zero-order chi connectivity index (χ0) is 12.6. The first-order chi connectivity index (χ1) is 7.92. The van der Waals surface area contributed by atoms with Gasteiger partial charge in [-0.15, -0.1) is 0 Å². The van der Waals surface area contributed by atoms with E-state index in [1.807, 2.05) is 0 Å². The molecule has 1 aromatic rings. The molecular formula is C9H9BrN2O4S. The maximum Gasteiger partial charge on any atom is 0.323 e. The van der Waals surface area contributed by atoms with Gasteiger partial charge in [0.15, 0.2) is 0 Å². The Labute approximate surface area is 107 Å². The number of halogens is 1. The SMILES string of the molecule is O=C(O)C1CN(c2ccccc2Br)S(=O)(=O)N1. The molecule has 0 saturated carbocycles. The van der Waals surface area contributed by atoms with Crippen LogP contribution in [-0.2, 0) is 15.0 Å². The second-order valence-corrected chi connectivity index (χ2v) is 5.98. The second kappa shape index (κ2) is 4.28. The van der Waals surface area contributed by atoms with E-state index in [1.54, 1.807) is 24.3 Å². The van der Waals surface area contributed by atoms with Crippen LogP contribution in [-0.4, -0.2) is 32.1 Å². The molecule has 92 valence electrons. The van der Waals surface area contributed by atoms with Gasteiger partial charge in [-0.3, -0.25) is 9.10 Å². The van der Waals surface area contributed by atoms with Crippen molar-refractivity contribution in [3.63, 3.8) is 0 Å². The molecule has 2 N–H and O–H groups in total. The topological polar surface area (TPSA) is 86.7 Å². The lowest BCUT2D eigenvalue weighted by Gasteiger charge is -2.16. The summed E-state index contributed by atoms with van der Waals surface area (Å²) in [6, 6.07) is 5.61. The van der Waals surface area contributed by atoms with Crippen LogP contribution in [0.1, 0.15) is 0 Å². The Morgan fingerprint density at radius 3 is 2.65 bits per heavy atom. The van der Waals surface area contributed by atoms with Gasteiger partial charge < -0.3 is 5.11 Å². The van der Waals surface area contributed by atoms with Crippen LogP contribution in [0.15, 0.2) is 28.7 Å². The van der Waals surface area contributed by atoms with E-state index in [-0.39, 0.29) is 6.54 Å². The molecule has 1 aliphatic rings. The van der Waals surface area contributed by atoms with Gasteiger partial charge in [0.05, 0.1) is 12.2 Å². The van der Waals surface area contributed by atoms with Crippen LogP contribution < -0.4 is 9.03 Å². The maximum atomic E-state index is 11.8. The van der Waals surface area contributed by atoms with Gasteiger partial charge in [-0.05, 0) is 28.1 Å². The smallest absolute Gasteiger partial charge is 0.323 e. The highest BCUT2D eigenvalue weighted by Gasteiger charge is 2.39.